The van der Waals surface area contributed by atoms with Gasteiger partial charge in [-0.05, 0) is 25.0 Å². The Balaban J connectivity index is 2.00. The zero-order chi connectivity index (χ0) is 13.6. The second-order valence-corrected chi connectivity index (χ2v) is 5.29. The number of imide groups is 1. The number of para-hydroxylation sites is 2. The lowest BCUT2D eigenvalue weighted by atomic mass is 9.85. The fraction of sp³-hybridized carbons (Fsp3) is 0.286. The molecule has 0 radical (unpaired) electrons. The standard InChI is InChI=1S/C14H12ClNO3/c15-8-5-6-9-10(7-8)14(19)16(13(9)18)11-3-1-2-4-12(11)17/h1-5,9-10,17H,6-7H2/t9-,10-/m1/s1. The first-order valence-electron chi connectivity index (χ1n) is 6.10. The Morgan fingerprint density at radius 2 is 1.84 bits per heavy atom. The second-order valence-electron chi connectivity index (χ2n) is 4.80. The van der Waals surface area contributed by atoms with E-state index >= 15 is 0 Å². The number of carbonyl (C=O) groups is 2. The molecule has 19 heavy (non-hydrogen) atoms. The van der Waals surface area contributed by atoms with Gasteiger partial charge in [0.25, 0.3) is 0 Å². The molecule has 0 bridgehead atoms. The van der Waals surface area contributed by atoms with Crippen molar-refractivity contribution in [3.05, 3.63) is 35.4 Å². The molecule has 0 unspecified atom stereocenters. The number of aromatic hydroxyl groups is 1. The third-order valence-corrected chi connectivity index (χ3v) is 4.00. The number of amides is 2. The molecule has 0 aromatic heterocycles. The largest absolute Gasteiger partial charge is 0.506 e. The summed E-state index contributed by atoms with van der Waals surface area (Å²) in [4.78, 5) is 25.8. The van der Waals surface area contributed by atoms with E-state index in [9.17, 15) is 14.7 Å². The Labute approximate surface area is 115 Å². The van der Waals surface area contributed by atoms with Crippen LogP contribution in [0.15, 0.2) is 35.4 Å². The first-order valence-corrected chi connectivity index (χ1v) is 6.47. The van der Waals surface area contributed by atoms with Crippen molar-refractivity contribution in [1.29, 1.82) is 0 Å². The van der Waals surface area contributed by atoms with E-state index in [1.807, 2.05) is 0 Å². The maximum atomic E-state index is 12.4. The fourth-order valence-electron chi connectivity index (χ4n) is 2.72. The molecule has 1 heterocycles. The number of allylic oxidation sites excluding steroid dienone is 2. The lowest BCUT2D eigenvalue weighted by molar-refractivity contribution is -0.122. The Kier molecular flexibility index (Phi) is 2.82. The van der Waals surface area contributed by atoms with Crippen molar-refractivity contribution in [2.45, 2.75) is 12.8 Å². The highest BCUT2D eigenvalue weighted by Gasteiger charge is 2.49. The summed E-state index contributed by atoms with van der Waals surface area (Å²) in [5.74, 6) is -1.35. The van der Waals surface area contributed by atoms with Gasteiger partial charge >= 0.3 is 0 Å². The zero-order valence-electron chi connectivity index (χ0n) is 10.0. The average molecular weight is 278 g/mol. The third-order valence-electron chi connectivity index (χ3n) is 3.69. The summed E-state index contributed by atoms with van der Waals surface area (Å²) in [6.07, 6.45) is 2.68. The molecule has 2 amide bonds. The van der Waals surface area contributed by atoms with Gasteiger partial charge in [0.15, 0.2) is 0 Å². The summed E-state index contributed by atoms with van der Waals surface area (Å²) in [5, 5.41) is 10.4. The van der Waals surface area contributed by atoms with Gasteiger partial charge < -0.3 is 5.11 Å². The number of benzene rings is 1. The monoisotopic (exact) mass is 277 g/mol. The van der Waals surface area contributed by atoms with Crippen molar-refractivity contribution in [2.75, 3.05) is 4.90 Å². The average Bonchev–Trinajstić information content (AvgIpc) is 2.63. The second kappa shape index (κ2) is 4.38. The van der Waals surface area contributed by atoms with Gasteiger partial charge in [0.1, 0.15) is 5.75 Å². The fourth-order valence-corrected chi connectivity index (χ4v) is 2.97. The van der Waals surface area contributed by atoms with Crippen LogP contribution in [0.25, 0.3) is 0 Å². The molecule has 4 nitrogen and oxygen atoms in total. The first-order chi connectivity index (χ1) is 9.09. The van der Waals surface area contributed by atoms with Gasteiger partial charge in [-0.2, -0.15) is 0 Å². The molecule has 1 aliphatic carbocycles. The number of phenolic OH excluding ortho intramolecular Hbond substituents is 1. The van der Waals surface area contributed by atoms with Crippen molar-refractivity contribution in [1.82, 2.24) is 0 Å². The number of phenols is 1. The molecule has 3 rings (SSSR count). The Bertz CT molecular complexity index is 596. The van der Waals surface area contributed by atoms with E-state index in [-0.39, 0.29) is 29.2 Å². The van der Waals surface area contributed by atoms with Crippen LogP contribution >= 0.6 is 11.6 Å². The molecule has 2 aliphatic rings. The van der Waals surface area contributed by atoms with Crippen LogP contribution in [0.1, 0.15) is 12.8 Å². The smallest absolute Gasteiger partial charge is 0.238 e. The van der Waals surface area contributed by atoms with Crippen LogP contribution in [0.3, 0.4) is 0 Å². The lowest BCUT2D eigenvalue weighted by Crippen LogP contribution is -2.30. The molecular formula is C14H12ClNO3. The summed E-state index contributed by atoms with van der Waals surface area (Å²) in [7, 11) is 0. The maximum absolute atomic E-state index is 12.4. The molecular weight excluding hydrogens is 266 g/mol. The van der Waals surface area contributed by atoms with E-state index in [1.165, 1.54) is 6.07 Å². The van der Waals surface area contributed by atoms with Crippen LogP contribution in [0.4, 0.5) is 5.69 Å². The normalized spacial score (nSPS) is 26.4. The quantitative estimate of drug-likeness (QED) is 0.802. The highest BCUT2D eigenvalue weighted by molar-refractivity contribution is 6.30. The Hall–Kier alpha value is -1.81. The first kappa shape index (κ1) is 12.2. The van der Waals surface area contributed by atoms with Gasteiger partial charge in [-0.25, -0.2) is 4.90 Å². The minimum absolute atomic E-state index is 0.0677. The summed E-state index contributed by atoms with van der Waals surface area (Å²) < 4.78 is 0. The van der Waals surface area contributed by atoms with Gasteiger partial charge in [0, 0.05) is 5.03 Å². The predicted octanol–water partition coefficient (Wildman–Crippen LogP) is 2.41. The minimum Gasteiger partial charge on any atom is -0.506 e. The molecule has 1 aromatic carbocycles. The van der Waals surface area contributed by atoms with Crippen LogP contribution in [0.2, 0.25) is 0 Å². The molecule has 98 valence electrons. The van der Waals surface area contributed by atoms with E-state index in [0.29, 0.717) is 17.9 Å². The number of anilines is 1. The highest BCUT2D eigenvalue weighted by Crippen LogP contribution is 2.42. The summed E-state index contributed by atoms with van der Waals surface area (Å²) >= 11 is 5.95. The lowest BCUT2D eigenvalue weighted by Gasteiger charge is -2.17. The van der Waals surface area contributed by atoms with Gasteiger partial charge in [-0.1, -0.05) is 29.8 Å². The van der Waals surface area contributed by atoms with Crippen molar-refractivity contribution < 1.29 is 14.7 Å². The molecule has 1 saturated heterocycles. The van der Waals surface area contributed by atoms with Crippen molar-refractivity contribution in [2.24, 2.45) is 11.8 Å². The Morgan fingerprint density at radius 1 is 1.16 bits per heavy atom. The van der Waals surface area contributed by atoms with E-state index in [2.05, 4.69) is 0 Å². The summed E-state index contributed by atoms with van der Waals surface area (Å²) in [6.45, 7) is 0. The molecule has 1 fully saturated rings. The van der Waals surface area contributed by atoms with Crippen molar-refractivity contribution in [3.8, 4) is 5.75 Å². The van der Waals surface area contributed by atoms with Crippen LogP contribution < -0.4 is 4.90 Å². The van der Waals surface area contributed by atoms with Gasteiger partial charge in [-0.15, -0.1) is 0 Å². The molecule has 1 aromatic rings. The molecule has 0 spiro atoms. The molecule has 1 aliphatic heterocycles. The SMILES string of the molecule is O=C1[C@@H]2CC=C(Cl)C[C@H]2C(=O)N1c1ccccc1O. The number of hydrogen-bond donors (Lipinski definition) is 1. The molecule has 0 saturated carbocycles. The van der Waals surface area contributed by atoms with E-state index in [4.69, 9.17) is 11.6 Å². The number of fused-ring (bicyclic) bond motifs is 1. The number of carbonyl (C=O) groups excluding carboxylic acids is 2. The van der Waals surface area contributed by atoms with Gasteiger partial charge in [0.2, 0.25) is 11.8 Å². The van der Waals surface area contributed by atoms with Crippen LogP contribution in [0, 0.1) is 11.8 Å². The number of rotatable bonds is 1. The summed E-state index contributed by atoms with van der Waals surface area (Å²) in [6, 6.07) is 6.36. The highest BCUT2D eigenvalue weighted by atomic mass is 35.5. The number of nitrogens with zero attached hydrogens (tertiary/aromatic N) is 1. The topological polar surface area (TPSA) is 57.6 Å². The van der Waals surface area contributed by atoms with Gasteiger partial charge in [-0.3, -0.25) is 9.59 Å². The maximum Gasteiger partial charge on any atom is 0.238 e. The van der Waals surface area contributed by atoms with Crippen LogP contribution in [0.5, 0.6) is 5.75 Å². The molecule has 1 N–H and O–H groups in total. The van der Waals surface area contributed by atoms with E-state index in [1.54, 1.807) is 24.3 Å². The third kappa shape index (κ3) is 1.83. The number of hydrogen-bond acceptors (Lipinski definition) is 3. The van der Waals surface area contributed by atoms with Crippen LogP contribution in [-0.2, 0) is 9.59 Å². The van der Waals surface area contributed by atoms with Crippen LogP contribution in [-0.4, -0.2) is 16.9 Å². The zero-order valence-corrected chi connectivity index (χ0v) is 10.8. The van der Waals surface area contributed by atoms with Gasteiger partial charge in [0.05, 0.1) is 17.5 Å². The Morgan fingerprint density at radius 3 is 2.58 bits per heavy atom. The minimum atomic E-state index is -0.399. The van der Waals surface area contributed by atoms with Crippen molar-refractivity contribution in [3.63, 3.8) is 0 Å². The van der Waals surface area contributed by atoms with E-state index in [0.717, 1.165) is 4.90 Å². The molecule has 5 heteroatoms. The van der Waals surface area contributed by atoms with Crippen molar-refractivity contribution >= 4 is 29.1 Å². The molecule has 2 atom stereocenters. The van der Waals surface area contributed by atoms with E-state index < -0.39 is 5.92 Å². The predicted molar refractivity (Wildman–Crippen MR) is 70.7 cm³/mol. The summed E-state index contributed by atoms with van der Waals surface area (Å²) in [5.41, 5.74) is 0.253. The number of halogens is 1.